The summed E-state index contributed by atoms with van der Waals surface area (Å²) in [5, 5.41) is 12.1. The quantitative estimate of drug-likeness (QED) is 0.612. The molecule has 4 aromatic rings. The van der Waals surface area contributed by atoms with E-state index in [9.17, 15) is 9.18 Å². The highest BCUT2D eigenvalue weighted by Crippen LogP contribution is 2.20. The maximum Gasteiger partial charge on any atom is 0.262 e. The van der Waals surface area contributed by atoms with E-state index < -0.39 is 5.82 Å². The first kappa shape index (κ1) is 15.6. The molecule has 0 spiro atoms. The fraction of sp³-hybridized carbons (Fsp3) is 0.118. The minimum Gasteiger partial charge on any atom is -0.378 e. The Morgan fingerprint density at radius 1 is 1.20 bits per heavy atom. The van der Waals surface area contributed by atoms with Crippen molar-refractivity contribution in [2.24, 2.45) is 7.05 Å². The topological polar surface area (TPSA) is 64.2 Å². The summed E-state index contributed by atoms with van der Waals surface area (Å²) in [6, 6.07) is 11.7. The minimum absolute atomic E-state index is 0.0453. The number of nitrogens with one attached hydrogen (secondary N) is 1. The molecule has 0 bridgehead atoms. The van der Waals surface area contributed by atoms with E-state index in [2.05, 4.69) is 15.5 Å². The number of aromatic nitrogens is 4. The molecule has 0 saturated heterocycles. The molecule has 0 aliphatic rings. The Labute approximate surface area is 146 Å². The van der Waals surface area contributed by atoms with Crippen LogP contribution < -0.4 is 10.9 Å². The summed E-state index contributed by atoms with van der Waals surface area (Å²) < 4.78 is 16.6. The number of nitrogens with zero attached hydrogens (tertiary/aromatic N) is 4. The molecule has 2 aromatic heterocycles. The lowest BCUT2D eigenvalue weighted by Crippen LogP contribution is -2.20. The van der Waals surface area contributed by atoms with Crippen LogP contribution in [0.15, 0.2) is 47.3 Å². The van der Waals surface area contributed by atoms with E-state index in [1.807, 2.05) is 22.6 Å². The molecule has 0 radical (unpaired) electrons. The van der Waals surface area contributed by atoms with Crippen molar-refractivity contribution < 1.29 is 4.39 Å². The van der Waals surface area contributed by atoms with Crippen LogP contribution in [0.3, 0.4) is 0 Å². The third-order valence-corrected chi connectivity index (χ3v) is 4.35. The second-order valence-corrected chi connectivity index (χ2v) is 6.02. The van der Waals surface area contributed by atoms with Gasteiger partial charge in [-0.1, -0.05) is 23.7 Å². The van der Waals surface area contributed by atoms with E-state index in [-0.39, 0.29) is 10.6 Å². The van der Waals surface area contributed by atoms with Crippen LogP contribution in [-0.2, 0) is 13.6 Å². The number of anilines is 1. The maximum atomic E-state index is 13.3. The van der Waals surface area contributed by atoms with Gasteiger partial charge in [-0.15, -0.1) is 10.2 Å². The molecule has 25 heavy (non-hydrogen) atoms. The lowest BCUT2D eigenvalue weighted by atomic mass is 10.2. The van der Waals surface area contributed by atoms with Crippen molar-refractivity contribution in [3.63, 3.8) is 0 Å². The third-order valence-electron chi connectivity index (χ3n) is 4.06. The minimum atomic E-state index is -0.471. The number of aryl methyl sites for hydroxylation is 1. The number of rotatable bonds is 3. The van der Waals surface area contributed by atoms with Crippen LogP contribution in [0.4, 0.5) is 10.1 Å². The van der Waals surface area contributed by atoms with Crippen molar-refractivity contribution in [2.45, 2.75) is 6.54 Å². The number of benzene rings is 2. The Morgan fingerprint density at radius 3 is 2.80 bits per heavy atom. The largest absolute Gasteiger partial charge is 0.378 e. The fourth-order valence-corrected chi connectivity index (χ4v) is 2.97. The highest BCUT2D eigenvalue weighted by atomic mass is 35.5. The Kier molecular flexibility index (Phi) is 3.65. The summed E-state index contributed by atoms with van der Waals surface area (Å²) in [6.45, 7) is 0.339. The van der Waals surface area contributed by atoms with E-state index in [4.69, 9.17) is 11.6 Å². The van der Waals surface area contributed by atoms with Crippen LogP contribution in [-0.4, -0.2) is 19.2 Å². The molecule has 1 N–H and O–H groups in total. The van der Waals surface area contributed by atoms with Crippen LogP contribution in [0.1, 0.15) is 5.82 Å². The van der Waals surface area contributed by atoms with Gasteiger partial charge in [0.1, 0.15) is 5.82 Å². The van der Waals surface area contributed by atoms with E-state index in [1.54, 1.807) is 19.2 Å². The molecule has 4 rings (SSSR count). The molecule has 0 unspecified atom stereocenters. The smallest absolute Gasteiger partial charge is 0.262 e. The zero-order valence-electron chi connectivity index (χ0n) is 13.2. The van der Waals surface area contributed by atoms with Gasteiger partial charge in [0.25, 0.3) is 5.56 Å². The van der Waals surface area contributed by atoms with Crippen molar-refractivity contribution in [3.8, 4) is 0 Å². The predicted molar refractivity (Wildman–Crippen MR) is 94.5 cm³/mol. The normalized spacial score (nSPS) is 11.3. The predicted octanol–water partition coefficient (Wildman–Crippen LogP) is 2.99. The SMILES string of the molecule is Cn1c(=O)c2ccccc2n2c(CNc3ccc(F)c(Cl)c3)nnc12. The lowest BCUT2D eigenvalue weighted by Gasteiger charge is -2.09. The van der Waals surface area contributed by atoms with Gasteiger partial charge in [0.05, 0.1) is 22.5 Å². The molecular formula is C17H13ClFN5O. The first-order valence-electron chi connectivity index (χ1n) is 7.57. The van der Waals surface area contributed by atoms with E-state index in [0.29, 0.717) is 29.2 Å². The molecule has 126 valence electrons. The van der Waals surface area contributed by atoms with Gasteiger partial charge in [-0.05, 0) is 30.3 Å². The van der Waals surface area contributed by atoms with Gasteiger partial charge < -0.3 is 5.32 Å². The molecule has 2 heterocycles. The number of hydrogen-bond donors (Lipinski definition) is 1. The van der Waals surface area contributed by atoms with Crippen LogP contribution in [0.25, 0.3) is 16.7 Å². The number of hydrogen-bond acceptors (Lipinski definition) is 4. The fourth-order valence-electron chi connectivity index (χ4n) is 2.79. The van der Waals surface area contributed by atoms with Gasteiger partial charge in [0.2, 0.25) is 5.78 Å². The van der Waals surface area contributed by atoms with Gasteiger partial charge in [-0.25, -0.2) is 4.39 Å². The first-order chi connectivity index (χ1) is 12.1. The highest BCUT2D eigenvalue weighted by Gasteiger charge is 2.14. The van der Waals surface area contributed by atoms with E-state index in [0.717, 1.165) is 5.52 Å². The molecule has 6 nitrogen and oxygen atoms in total. The van der Waals surface area contributed by atoms with E-state index in [1.165, 1.54) is 16.7 Å². The summed E-state index contributed by atoms with van der Waals surface area (Å²) in [5.41, 5.74) is 1.28. The number of halogens is 2. The molecular weight excluding hydrogens is 345 g/mol. The molecule has 8 heteroatoms. The van der Waals surface area contributed by atoms with Crippen molar-refractivity contribution in [1.29, 1.82) is 0 Å². The molecule has 2 aromatic carbocycles. The van der Waals surface area contributed by atoms with Gasteiger partial charge in [-0.3, -0.25) is 13.8 Å². The third kappa shape index (κ3) is 2.53. The van der Waals surface area contributed by atoms with Gasteiger partial charge in [0, 0.05) is 12.7 Å². The highest BCUT2D eigenvalue weighted by molar-refractivity contribution is 6.31. The Morgan fingerprint density at radius 2 is 2.00 bits per heavy atom. The summed E-state index contributed by atoms with van der Waals surface area (Å²) in [5.74, 6) is 0.612. The van der Waals surface area contributed by atoms with Crippen LogP contribution in [0.5, 0.6) is 0 Å². The average Bonchev–Trinajstić information content (AvgIpc) is 3.05. The second-order valence-electron chi connectivity index (χ2n) is 5.62. The molecule has 0 amide bonds. The zero-order valence-corrected chi connectivity index (χ0v) is 14.0. The first-order valence-corrected chi connectivity index (χ1v) is 7.95. The standard InChI is InChI=1S/C17H13ClFN5O/c1-23-16(25)11-4-2-3-5-14(11)24-15(21-22-17(23)24)9-20-10-6-7-13(19)12(18)8-10/h2-8,20H,9H2,1H3. The van der Waals surface area contributed by atoms with Crippen LogP contribution in [0.2, 0.25) is 5.02 Å². The van der Waals surface area contributed by atoms with E-state index >= 15 is 0 Å². The summed E-state index contributed by atoms with van der Waals surface area (Å²) in [7, 11) is 1.66. The molecule has 0 aliphatic carbocycles. The zero-order chi connectivity index (χ0) is 17.6. The Hall–Kier alpha value is -2.93. The van der Waals surface area contributed by atoms with Gasteiger partial charge in [0.15, 0.2) is 5.82 Å². The summed E-state index contributed by atoms with van der Waals surface area (Å²) in [6.07, 6.45) is 0. The molecule has 0 saturated carbocycles. The summed E-state index contributed by atoms with van der Waals surface area (Å²) >= 11 is 5.80. The van der Waals surface area contributed by atoms with Crippen molar-refractivity contribution in [2.75, 3.05) is 5.32 Å². The molecule has 0 atom stereocenters. The summed E-state index contributed by atoms with van der Waals surface area (Å²) in [4.78, 5) is 12.4. The molecule has 0 fully saturated rings. The molecule has 0 aliphatic heterocycles. The maximum absolute atomic E-state index is 13.3. The van der Waals surface area contributed by atoms with Crippen molar-refractivity contribution in [1.82, 2.24) is 19.2 Å². The van der Waals surface area contributed by atoms with Crippen LogP contribution >= 0.6 is 11.6 Å². The Bertz CT molecular complexity index is 1170. The van der Waals surface area contributed by atoms with Gasteiger partial charge >= 0.3 is 0 Å². The van der Waals surface area contributed by atoms with Crippen molar-refractivity contribution >= 4 is 34.0 Å². The van der Waals surface area contributed by atoms with Crippen LogP contribution in [0, 0.1) is 5.82 Å². The second kappa shape index (κ2) is 5.86. The van der Waals surface area contributed by atoms with Crippen molar-refractivity contribution in [3.05, 3.63) is 69.5 Å². The number of fused-ring (bicyclic) bond motifs is 3. The Balaban J connectivity index is 1.80. The number of para-hydroxylation sites is 1. The average molecular weight is 358 g/mol. The monoisotopic (exact) mass is 357 g/mol. The van der Waals surface area contributed by atoms with Gasteiger partial charge in [-0.2, -0.15) is 0 Å². The lowest BCUT2D eigenvalue weighted by molar-refractivity contribution is 0.628.